The summed E-state index contributed by atoms with van der Waals surface area (Å²) in [7, 11) is 0. The standard InChI is InChI=1S/C46H36GeN2O/c1-27-24-41-43-39(46(48(41)25-28(27)2)38-17-11-10-16-37(38)40-23-18-29(26-49(40)46)47(3,4)5)22-21-36-35-20-19-34-32-14-7-6-12-30(32)31-13-8-9-15-33(31)42(34)44(35)50-45(36)43/h6-26H,1-5H3/q+2/i1D3,2D3. The summed E-state index contributed by atoms with van der Waals surface area (Å²) >= 11 is -2.43. The van der Waals surface area contributed by atoms with E-state index in [4.69, 9.17) is 12.6 Å². The van der Waals surface area contributed by atoms with Crippen molar-refractivity contribution in [2.45, 2.75) is 36.6 Å². The minimum absolute atomic E-state index is 0.183. The molecule has 1 unspecified atom stereocenters. The minimum atomic E-state index is -2.69. The third kappa shape index (κ3) is 3.37. The van der Waals surface area contributed by atoms with E-state index in [0.717, 1.165) is 71.2 Å². The third-order valence-corrected chi connectivity index (χ3v) is 15.6. The van der Waals surface area contributed by atoms with Crippen molar-refractivity contribution in [1.29, 1.82) is 0 Å². The first-order valence-corrected chi connectivity index (χ1v) is 24.5. The van der Waals surface area contributed by atoms with E-state index in [2.05, 4.69) is 125 Å². The zero-order valence-corrected chi connectivity index (χ0v) is 30.0. The van der Waals surface area contributed by atoms with Gasteiger partial charge in [-0.3, -0.25) is 0 Å². The Balaban J connectivity index is 1.35. The van der Waals surface area contributed by atoms with E-state index in [1.807, 2.05) is 16.7 Å². The average Bonchev–Trinajstić information content (AvgIpc) is 3.80. The van der Waals surface area contributed by atoms with Crippen LogP contribution in [-0.4, -0.2) is 13.3 Å². The molecule has 50 heavy (non-hydrogen) atoms. The van der Waals surface area contributed by atoms with Crippen LogP contribution in [0.3, 0.4) is 0 Å². The number of fused-ring (bicyclic) bond motifs is 21. The zero-order chi connectivity index (χ0) is 38.7. The van der Waals surface area contributed by atoms with Gasteiger partial charge in [-0.25, -0.2) is 0 Å². The van der Waals surface area contributed by atoms with E-state index < -0.39 is 32.6 Å². The van der Waals surface area contributed by atoms with Crippen molar-refractivity contribution >= 4 is 71.9 Å². The Morgan fingerprint density at radius 3 is 1.94 bits per heavy atom. The van der Waals surface area contributed by atoms with Gasteiger partial charge in [0.25, 0.3) is 0 Å². The van der Waals surface area contributed by atoms with Crippen LogP contribution in [0.15, 0.2) is 132 Å². The Bertz CT molecular complexity index is 3190. The molecule has 0 saturated heterocycles. The number of aryl methyl sites for hydroxylation is 2. The molecule has 6 aromatic carbocycles. The van der Waals surface area contributed by atoms with Crippen LogP contribution in [0, 0.1) is 13.7 Å². The van der Waals surface area contributed by atoms with Gasteiger partial charge in [-0.05, 0) is 5.39 Å². The van der Waals surface area contributed by atoms with Gasteiger partial charge in [0.15, 0.2) is 0 Å². The second kappa shape index (κ2) is 9.49. The van der Waals surface area contributed by atoms with Crippen LogP contribution in [0.4, 0.5) is 0 Å². The van der Waals surface area contributed by atoms with Gasteiger partial charge in [0.05, 0.1) is 0 Å². The summed E-state index contributed by atoms with van der Waals surface area (Å²) in [6, 6.07) is 39.9. The van der Waals surface area contributed by atoms with Gasteiger partial charge in [0.2, 0.25) is 0 Å². The van der Waals surface area contributed by atoms with Gasteiger partial charge >= 0.3 is 255 Å². The summed E-state index contributed by atoms with van der Waals surface area (Å²) in [6.45, 7) is -5.37. The summed E-state index contributed by atoms with van der Waals surface area (Å²) in [6.07, 6.45) is 3.86. The SMILES string of the molecule is [2H]C([2H])([2H])c1cc2[n+](cc1C([2H])([2H])[2H])C1(c3ccccc3-c3cc[c]([Ge]([CH3])([CH3])[CH3])c[n+]31)c1ccc3c(oc4c3ccc3c5ccccc5c5ccccc5c34)c1-2. The average molecular weight is 711 g/mol. The predicted octanol–water partition coefficient (Wildman–Crippen LogP) is 10.0. The van der Waals surface area contributed by atoms with Crippen molar-refractivity contribution in [3.05, 3.63) is 150 Å². The maximum atomic E-state index is 8.64. The van der Waals surface area contributed by atoms with E-state index in [1.54, 1.807) is 12.3 Å². The molecule has 0 bridgehead atoms. The Hall–Kier alpha value is -5.26. The molecule has 238 valence electrons. The molecule has 0 aliphatic carbocycles. The molecule has 0 radical (unpaired) electrons. The van der Waals surface area contributed by atoms with Crippen LogP contribution >= 0.6 is 0 Å². The van der Waals surface area contributed by atoms with Gasteiger partial charge < -0.3 is 0 Å². The van der Waals surface area contributed by atoms with Crippen LogP contribution in [0.25, 0.3) is 76.8 Å². The molecule has 2 aliphatic rings. The van der Waals surface area contributed by atoms with E-state index in [0.29, 0.717) is 11.3 Å². The molecule has 11 rings (SSSR count). The summed E-state index contributed by atoms with van der Waals surface area (Å²) in [5, 5.41) is 8.54. The first-order valence-electron chi connectivity index (χ1n) is 20.2. The zero-order valence-electron chi connectivity index (χ0n) is 33.9. The van der Waals surface area contributed by atoms with Crippen LogP contribution in [0.2, 0.25) is 17.3 Å². The van der Waals surface area contributed by atoms with Gasteiger partial charge in [-0.15, -0.1) is 0 Å². The molecule has 0 amide bonds. The molecule has 1 spiro atoms. The monoisotopic (exact) mass is 712 g/mol. The van der Waals surface area contributed by atoms with E-state index in [1.165, 1.54) is 9.78 Å². The summed E-state index contributed by atoms with van der Waals surface area (Å²) in [4.78, 5) is 0. The molecule has 0 fully saturated rings. The second-order valence-corrected chi connectivity index (χ2v) is 25.6. The molecule has 5 heterocycles. The number of pyridine rings is 2. The molecule has 9 aromatic rings. The van der Waals surface area contributed by atoms with Crippen LogP contribution < -0.4 is 13.5 Å². The first kappa shape index (κ1) is 23.2. The molecule has 3 nitrogen and oxygen atoms in total. The number of aromatic nitrogens is 2. The summed E-state index contributed by atoms with van der Waals surface area (Å²) < 4.78 is 64.6. The van der Waals surface area contributed by atoms with Crippen molar-refractivity contribution < 1.29 is 21.8 Å². The molecule has 4 heteroatoms. The molecule has 0 saturated carbocycles. The van der Waals surface area contributed by atoms with Gasteiger partial charge in [-0.1, -0.05) is 42.5 Å². The van der Waals surface area contributed by atoms with Crippen LogP contribution in [0.5, 0.6) is 0 Å². The fourth-order valence-electron chi connectivity index (χ4n) is 9.06. The first-order chi connectivity index (χ1) is 26.7. The van der Waals surface area contributed by atoms with Crippen molar-refractivity contribution in [3.8, 4) is 22.5 Å². The fourth-order valence-corrected chi connectivity index (χ4v) is 11.4. The number of rotatable bonds is 1. The normalized spacial score (nSPS) is 18.5. The molecule has 2 aliphatic heterocycles. The van der Waals surface area contributed by atoms with Gasteiger partial charge in [-0.2, -0.15) is 0 Å². The quantitative estimate of drug-likeness (QED) is 0.0944. The van der Waals surface area contributed by atoms with Crippen molar-refractivity contribution in [2.24, 2.45) is 0 Å². The molecular weight excluding hydrogens is 669 g/mol. The number of hydrogen-bond acceptors (Lipinski definition) is 1. The van der Waals surface area contributed by atoms with Crippen molar-refractivity contribution in [2.75, 3.05) is 0 Å². The fraction of sp³-hybridized carbons (Fsp3) is 0.130. The number of benzene rings is 6. The van der Waals surface area contributed by atoms with Crippen LogP contribution in [0.1, 0.15) is 30.5 Å². The summed E-state index contributed by atoms with van der Waals surface area (Å²) in [5.41, 5.74) is 5.26. The van der Waals surface area contributed by atoms with Crippen molar-refractivity contribution in [1.82, 2.24) is 0 Å². The van der Waals surface area contributed by atoms with E-state index in [9.17, 15) is 0 Å². The Labute approximate surface area is 301 Å². The Kier molecular flexibility index (Phi) is 4.41. The summed E-state index contributed by atoms with van der Waals surface area (Å²) in [5.74, 6) is 7.10. The molecule has 0 N–H and O–H groups in total. The second-order valence-electron chi connectivity index (χ2n) is 14.9. The van der Waals surface area contributed by atoms with E-state index >= 15 is 0 Å². The third-order valence-electron chi connectivity index (χ3n) is 11.3. The number of hydrogen-bond donors (Lipinski definition) is 0. The molecular formula is C46H36GeN2O+2. The molecule has 3 aromatic heterocycles. The van der Waals surface area contributed by atoms with Gasteiger partial charge in [0, 0.05) is 0 Å². The van der Waals surface area contributed by atoms with E-state index in [-0.39, 0.29) is 11.1 Å². The number of furan rings is 1. The number of nitrogens with zero attached hydrogens (tertiary/aromatic N) is 2. The maximum absolute atomic E-state index is 8.64. The predicted molar refractivity (Wildman–Crippen MR) is 208 cm³/mol. The Morgan fingerprint density at radius 1 is 0.560 bits per heavy atom. The van der Waals surface area contributed by atoms with Gasteiger partial charge in [0.1, 0.15) is 0 Å². The Morgan fingerprint density at radius 2 is 1.18 bits per heavy atom. The van der Waals surface area contributed by atoms with Crippen LogP contribution in [-0.2, 0) is 5.66 Å². The van der Waals surface area contributed by atoms with Crippen molar-refractivity contribution in [3.63, 3.8) is 0 Å². The molecule has 1 atom stereocenters. The topological polar surface area (TPSA) is 20.9 Å².